The molecule has 0 amide bonds. The number of hydrogen-bond donors (Lipinski definition) is 0. The first-order valence-electron chi connectivity index (χ1n) is 8.27. The van der Waals surface area contributed by atoms with Crippen LogP contribution in [0.4, 0.5) is 15.8 Å². The summed E-state index contributed by atoms with van der Waals surface area (Å²) in [7, 11) is 3.61. The summed E-state index contributed by atoms with van der Waals surface area (Å²) < 4.78 is 19.7. The number of hydrogen-bond acceptors (Lipinski definition) is 3. The number of halogens is 1. The maximum absolute atomic E-state index is 14.6. The molecular formula is C21H23FN2O. The van der Waals surface area contributed by atoms with Gasteiger partial charge in [0, 0.05) is 30.1 Å². The number of aliphatic imine (C=N–C) groups is 1. The standard InChI is InChI=1S/C21H23FN2O/c1-14-12-21(2,3)24(4)20-11-19(22)15(10-18(14)20)13-23-16-6-8-17(25-5)9-7-16/h6-13H,1-5H3. The van der Waals surface area contributed by atoms with Crippen LogP contribution in [-0.4, -0.2) is 25.9 Å². The maximum Gasteiger partial charge on any atom is 0.134 e. The molecule has 130 valence electrons. The molecular weight excluding hydrogens is 315 g/mol. The number of nitrogens with zero attached hydrogens (tertiary/aromatic N) is 2. The number of anilines is 1. The Morgan fingerprint density at radius 1 is 1.16 bits per heavy atom. The van der Waals surface area contributed by atoms with Gasteiger partial charge in [-0.1, -0.05) is 6.08 Å². The fourth-order valence-corrected chi connectivity index (χ4v) is 3.10. The molecule has 0 aromatic heterocycles. The molecule has 3 rings (SSSR count). The van der Waals surface area contributed by atoms with Crippen molar-refractivity contribution in [1.82, 2.24) is 0 Å². The van der Waals surface area contributed by atoms with E-state index >= 15 is 0 Å². The quantitative estimate of drug-likeness (QED) is 0.717. The molecule has 0 N–H and O–H groups in total. The molecule has 2 aromatic carbocycles. The molecule has 0 saturated heterocycles. The van der Waals surface area contributed by atoms with Gasteiger partial charge in [-0.15, -0.1) is 0 Å². The lowest BCUT2D eigenvalue weighted by atomic mass is 9.88. The molecule has 0 bridgehead atoms. The highest BCUT2D eigenvalue weighted by Gasteiger charge is 2.29. The highest BCUT2D eigenvalue weighted by molar-refractivity contribution is 5.89. The number of methoxy groups -OCH3 is 1. The lowest BCUT2D eigenvalue weighted by Crippen LogP contribution is -2.42. The number of benzene rings is 2. The van der Waals surface area contributed by atoms with Crippen LogP contribution in [0.3, 0.4) is 0 Å². The second-order valence-electron chi connectivity index (χ2n) is 6.89. The van der Waals surface area contributed by atoms with E-state index in [2.05, 4.69) is 36.7 Å². The van der Waals surface area contributed by atoms with E-state index < -0.39 is 0 Å². The predicted octanol–water partition coefficient (Wildman–Crippen LogP) is 5.22. The zero-order chi connectivity index (χ0) is 18.2. The van der Waals surface area contributed by atoms with Crippen molar-refractivity contribution in [3.05, 3.63) is 59.4 Å². The van der Waals surface area contributed by atoms with Gasteiger partial charge in [0.05, 0.1) is 18.3 Å². The SMILES string of the molecule is COc1ccc(N=Cc2cc3c(cc2F)N(C)C(C)(C)C=C3C)cc1. The van der Waals surface area contributed by atoms with Gasteiger partial charge in [-0.2, -0.15) is 0 Å². The molecule has 0 unspecified atom stereocenters. The van der Waals surface area contributed by atoms with Gasteiger partial charge in [-0.25, -0.2) is 4.39 Å². The minimum Gasteiger partial charge on any atom is -0.497 e. The van der Waals surface area contributed by atoms with Crippen molar-refractivity contribution in [1.29, 1.82) is 0 Å². The summed E-state index contributed by atoms with van der Waals surface area (Å²) in [6.45, 7) is 6.31. The highest BCUT2D eigenvalue weighted by Crippen LogP contribution is 2.38. The Balaban J connectivity index is 1.96. The van der Waals surface area contributed by atoms with Crippen LogP contribution >= 0.6 is 0 Å². The average Bonchev–Trinajstić information content (AvgIpc) is 2.58. The summed E-state index contributed by atoms with van der Waals surface area (Å²) in [5, 5.41) is 0. The average molecular weight is 338 g/mol. The number of ether oxygens (including phenoxy) is 1. The summed E-state index contributed by atoms with van der Waals surface area (Å²) in [6.07, 6.45) is 3.78. The molecule has 0 spiro atoms. The molecule has 1 aliphatic rings. The van der Waals surface area contributed by atoms with Gasteiger partial charge in [0.1, 0.15) is 11.6 Å². The largest absolute Gasteiger partial charge is 0.497 e. The molecule has 0 aliphatic carbocycles. The van der Waals surface area contributed by atoms with Crippen molar-refractivity contribution in [2.45, 2.75) is 26.3 Å². The molecule has 25 heavy (non-hydrogen) atoms. The number of likely N-dealkylation sites (N-methyl/N-ethyl adjacent to an activating group) is 1. The third kappa shape index (κ3) is 3.29. The second kappa shape index (κ2) is 6.36. The van der Waals surface area contributed by atoms with Crippen molar-refractivity contribution in [3.63, 3.8) is 0 Å². The Labute approximate surface area is 148 Å². The number of allylic oxidation sites excluding steroid dienone is 1. The molecule has 0 radical (unpaired) electrons. The maximum atomic E-state index is 14.6. The first-order valence-corrected chi connectivity index (χ1v) is 8.27. The molecule has 0 atom stereocenters. The van der Waals surface area contributed by atoms with Crippen molar-refractivity contribution in [2.24, 2.45) is 4.99 Å². The van der Waals surface area contributed by atoms with Gasteiger partial charge in [0.15, 0.2) is 0 Å². The van der Waals surface area contributed by atoms with Gasteiger partial charge >= 0.3 is 0 Å². The van der Waals surface area contributed by atoms with Crippen LogP contribution in [0.2, 0.25) is 0 Å². The Morgan fingerprint density at radius 3 is 2.48 bits per heavy atom. The van der Waals surface area contributed by atoms with Gasteiger partial charge in [0.2, 0.25) is 0 Å². The third-order valence-corrected chi connectivity index (χ3v) is 4.76. The van der Waals surface area contributed by atoms with Crippen molar-refractivity contribution in [2.75, 3.05) is 19.1 Å². The first kappa shape index (κ1) is 17.2. The minimum absolute atomic E-state index is 0.137. The van der Waals surface area contributed by atoms with E-state index in [1.54, 1.807) is 19.4 Å². The zero-order valence-electron chi connectivity index (χ0n) is 15.3. The van der Waals surface area contributed by atoms with Crippen LogP contribution in [-0.2, 0) is 0 Å². The lowest BCUT2D eigenvalue weighted by molar-refractivity contribution is 0.415. The van der Waals surface area contributed by atoms with E-state index in [0.717, 1.165) is 28.3 Å². The molecule has 0 fully saturated rings. The Kier molecular flexibility index (Phi) is 4.38. The Bertz CT molecular complexity index is 851. The summed E-state index contributed by atoms with van der Waals surface area (Å²) in [4.78, 5) is 6.48. The molecule has 1 heterocycles. The summed E-state index contributed by atoms with van der Waals surface area (Å²) in [5.41, 5.74) is 4.20. The smallest absolute Gasteiger partial charge is 0.134 e. The van der Waals surface area contributed by atoms with Gasteiger partial charge in [0.25, 0.3) is 0 Å². The fourth-order valence-electron chi connectivity index (χ4n) is 3.10. The van der Waals surface area contributed by atoms with E-state index in [0.29, 0.717) is 5.56 Å². The van der Waals surface area contributed by atoms with Crippen molar-refractivity contribution in [3.8, 4) is 5.75 Å². The number of fused-ring (bicyclic) bond motifs is 1. The van der Waals surface area contributed by atoms with Gasteiger partial charge in [-0.05, 0) is 62.7 Å². The molecule has 4 heteroatoms. The monoisotopic (exact) mass is 338 g/mol. The molecule has 2 aromatic rings. The van der Waals surface area contributed by atoms with Crippen LogP contribution in [0.1, 0.15) is 31.9 Å². The van der Waals surface area contributed by atoms with E-state index in [1.807, 2.05) is 37.4 Å². The molecule has 3 nitrogen and oxygen atoms in total. The molecule has 0 saturated carbocycles. The Morgan fingerprint density at radius 2 is 1.84 bits per heavy atom. The molecule has 1 aliphatic heterocycles. The zero-order valence-corrected chi connectivity index (χ0v) is 15.3. The van der Waals surface area contributed by atoms with Crippen molar-refractivity contribution < 1.29 is 9.13 Å². The summed E-state index contributed by atoms with van der Waals surface area (Å²) >= 11 is 0. The second-order valence-corrected chi connectivity index (χ2v) is 6.89. The topological polar surface area (TPSA) is 24.8 Å². The lowest BCUT2D eigenvalue weighted by Gasteiger charge is -2.40. The van der Waals surface area contributed by atoms with Gasteiger partial charge < -0.3 is 9.64 Å². The first-order chi connectivity index (χ1) is 11.8. The van der Waals surface area contributed by atoms with E-state index in [9.17, 15) is 4.39 Å². The fraction of sp³-hybridized carbons (Fsp3) is 0.286. The van der Waals surface area contributed by atoms with E-state index in [-0.39, 0.29) is 11.4 Å². The van der Waals surface area contributed by atoms with E-state index in [1.165, 1.54) is 0 Å². The number of rotatable bonds is 3. The predicted molar refractivity (Wildman–Crippen MR) is 103 cm³/mol. The van der Waals surface area contributed by atoms with Crippen LogP contribution in [0.15, 0.2) is 47.5 Å². The summed E-state index contributed by atoms with van der Waals surface area (Å²) in [5.74, 6) is 0.499. The van der Waals surface area contributed by atoms with Gasteiger partial charge in [-0.3, -0.25) is 4.99 Å². The summed E-state index contributed by atoms with van der Waals surface area (Å²) in [6, 6.07) is 10.8. The van der Waals surface area contributed by atoms with Crippen LogP contribution < -0.4 is 9.64 Å². The van der Waals surface area contributed by atoms with Crippen LogP contribution in [0.25, 0.3) is 5.57 Å². The van der Waals surface area contributed by atoms with Crippen molar-refractivity contribution >= 4 is 23.2 Å². The third-order valence-electron chi connectivity index (χ3n) is 4.76. The van der Waals surface area contributed by atoms with E-state index in [4.69, 9.17) is 4.74 Å². The highest BCUT2D eigenvalue weighted by atomic mass is 19.1. The van der Waals surface area contributed by atoms with Crippen LogP contribution in [0.5, 0.6) is 5.75 Å². The normalized spacial score (nSPS) is 15.9. The van der Waals surface area contributed by atoms with Crippen LogP contribution in [0, 0.1) is 5.82 Å². The Hall–Kier alpha value is -2.62. The minimum atomic E-state index is -0.270.